The first-order valence-electron chi connectivity index (χ1n) is 11.4. The number of rotatable bonds is 9. The van der Waals surface area contributed by atoms with Crippen LogP contribution in [0.2, 0.25) is 5.02 Å². The van der Waals surface area contributed by atoms with Crippen molar-refractivity contribution in [1.82, 2.24) is 19.4 Å². The number of amides is 1. The van der Waals surface area contributed by atoms with Crippen molar-refractivity contribution in [2.24, 2.45) is 0 Å². The van der Waals surface area contributed by atoms with Crippen LogP contribution in [0.15, 0.2) is 60.9 Å². The SMILES string of the molecule is Cc1cc(OCCCCn2c(CN(C)C(=O)c3cccnc3)nc3ccccc32)cc(C)c1Cl. The van der Waals surface area contributed by atoms with Crippen LogP contribution < -0.4 is 4.74 Å². The second-order valence-electron chi connectivity index (χ2n) is 8.50. The van der Waals surface area contributed by atoms with Gasteiger partial charge in [-0.3, -0.25) is 9.78 Å². The fraction of sp³-hybridized carbons (Fsp3) is 0.296. The molecular weight excluding hydrogens is 448 g/mol. The summed E-state index contributed by atoms with van der Waals surface area (Å²) in [7, 11) is 1.79. The van der Waals surface area contributed by atoms with Crippen LogP contribution in [0.1, 0.15) is 40.2 Å². The number of fused-ring (bicyclic) bond motifs is 1. The normalized spacial score (nSPS) is 11.1. The number of pyridine rings is 1. The number of hydrogen-bond donors (Lipinski definition) is 0. The minimum absolute atomic E-state index is 0.0753. The van der Waals surface area contributed by atoms with Gasteiger partial charge in [0.2, 0.25) is 0 Å². The van der Waals surface area contributed by atoms with Crippen LogP contribution in [0.5, 0.6) is 5.75 Å². The molecule has 7 heteroatoms. The number of para-hydroxylation sites is 2. The molecule has 0 unspecified atom stereocenters. The summed E-state index contributed by atoms with van der Waals surface area (Å²) in [4.78, 5) is 23.4. The maximum absolute atomic E-state index is 12.8. The van der Waals surface area contributed by atoms with Crippen molar-refractivity contribution in [3.05, 3.63) is 88.5 Å². The summed E-state index contributed by atoms with van der Waals surface area (Å²) in [5, 5.41) is 0.791. The number of imidazole rings is 1. The first-order chi connectivity index (χ1) is 16.4. The smallest absolute Gasteiger partial charge is 0.255 e. The average Bonchev–Trinajstić information content (AvgIpc) is 3.19. The van der Waals surface area contributed by atoms with Crippen LogP contribution >= 0.6 is 11.6 Å². The number of halogens is 1. The van der Waals surface area contributed by atoms with Crippen molar-refractivity contribution in [1.29, 1.82) is 0 Å². The van der Waals surface area contributed by atoms with Gasteiger partial charge in [-0.25, -0.2) is 4.98 Å². The van der Waals surface area contributed by atoms with E-state index < -0.39 is 0 Å². The van der Waals surface area contributed by atoms with Gasteiger partial charge in [0.25, 0.3) is 5.91 Å². The number of carbonyl (C=O) groups is 1. The third-order valence-electron chi connectivity index (χ3n) is 5.82. The van der Waals surface area contributed by atoms with Crippen molar-refractivity contribution < 1.29 is 9.53 Å². The van der Waals surface area contributed by atoms with E-state index in [9.17, 15) is 4.79 Å². The standard InChI is InChI=1S/C27H29ClN4O2/c1-19-15-22(16-20(2)26(19)28)34-14-7-6-13-32-24-11-5-4-10-23(24)30-25(32)18-31(3)27(33)21-9-8-12-29-17-21/h4-5,8-12,15-17H,6-7,13-14,18H2,1-3H3. The van der Waals surface area contributed by atoms with Crippen LogP contribution in [0.3, 0.4) is 0 Å². The zero-order chi connectivity index (χ0) is 24.1. The van der Waals surface area contributed by atoms with Crippen molar-refractivity contribution in [2.75, 3.05) is 13.7 Å². The maximum Gasteiger partial charge on any atom is 0.255 e. The Morgan fingerprint density at radius 2 is 1.85 bits per heavy atom. The molecule has 4 aromatic rings. The molecule has 2 heterocycles. The highest BCUT2D eigenvalue weighted by atomic mass is 35.5. The van der Waals surface area contributed by atoms with Crippen LogP contribution in [0.25, 0.3) is 11.0 Å². The molecule has 0 N–H and O–H groups in total. The fourth-order valence-electron chi connectivity index (χ4n) is 4.04. The molecule has 0 aliphatic heterocycles. The van der Waals surface area contributed by atoms with Crippen molar-refractivity contribution >= 4 is 28.5 Å². The molecule has 0 aliphatic carbocycles. The molecule has 0 atom stereocenters. The highest BCUT2D eigenvalue weighted by molar-refractivity contribution is 6.32. The van der Waals surface area contributed by atoms with Crippen LogP contribution in [0.4, 0.5) is 0 Å². The van der Waals surface area contributed by atoms with E-state index in [0.717, 1.165) is 58.1 Å². The topological polar surface area (TPSA) is 60.2 Å². The van der Waals surface area contributed by atoms with E-state index in [2.05, 4.69) is 15.6 Å². The maximum atomic E-state index is 12.8. The molecule has 2 aromatic heterocycles. The molecule has 34 heavy (non-hydrogen) atoms. The lowest BCUT2D eigenvalue weighted by Gasteiger charge is -2.18. The first-order valence-corrected chi connectivity index (χ1v) is 11.8. The summed E-state index contributed by atoms with van der Waals surface area (Å²) in [5.41, 5.74) is 4.62. The molecule has 0 spiro atoms. The molecule has 176 valence electrons. The van der Waals surface area contributed by atoms with Gasteiger partial charge in [-0.1, -0.05) is 23.7 Å². The van der Waals surface area contributed by atoms with Gasteiger partial charge in [0.05, 0.1) is 29.7 Å². The van der Waals surface area contributed by atoms with E-state index in [-0.39, 0.29) is 5.91 Å². The Bertz CT molecular complexity index is 1260. The molecule has 2 aromatic carbocycles. The third-order valence-corrected chi connectivity index (χ3v) is 6.42. The summed E-state index contributed by atoms with van der Waals surface area (Å²) in [6.07, 6.45) is 5.08. The van der Waals surface area contributed by atoms with Crippen molar-refractivity contribution in [3.8, 4) is 5.75 Å². The number of ether oxygens (including phenoxy) is 1. The summed E-state index contributed by atoms with van der Waals surface area (Å²) in [6, 6.07) is 15.6. The Hall–Kier alpha value is -3.38. The lowest BCUT2D eigenvalue weighted by molar-refractivity contribution is 0.0779. The molecular formula is C27H29ClN4O2. The van der Waals surface area contributed by atoms with Gasteiger partial charge in [0.1, 0.15) is 11.6 Å². The summed E-state index contributed by atoms with van der Waals surface area (Å²) in [5.74, 6) is 1.64. The molecule has 0 radical (unpaired) electrons. The number of unbranched alkanes of at least 4 members (excludes halogenated alkanes) is 1. The van der Waals surface area contributed by atoms with E-state index in [1.807, 2.05) is 44.2 Å². The van der Waals surface area contributed by atoms with Crippen LogP contribution in [0, 0.1) is 13.8 Å². The predicted octanol–water partition coefficient (Wildman–Crippen LogP) is 5.83. The Morgan fingerprint density at radius 3 is 2.59 bits per heavy atom. The molecule has 4 rings (SSSR count). The number of nitrogens with zero attached hydrogens (tertiary/aromatic N) is 4. The van der Waals surface area contributed by atoms with E-state index in [0.29, 0.717) is 18.7 Å². The first kappa shape index (κ1) is 23.8. The molecule has 1 amide bonds. The Balaban J connectivity index is 1.41. The highest BCUT2D eigenvalue weighted by Crippen LogP contribution is 2.26. The molecule has 0 fully saturated rings. The predicted molar refractivity (Wildman–Crippen MR) is 135 cm³/mol. The summed E-state index contributed by atoms with van der Waals surface area (Å²) >= 11 is 6.25. The summed E-state index contributed by atoms with van der Waals surface area (Å²) in [6.45, 7) is 5.82. The van der Waals surface area contributed by atoms with E-state index >= 15 is 0 Å². The summed E-state index contributed by atoms with van der Waals surface area (Å²) < 4.78 is 8.17. The van der Waals surface area contributed by atoms with Gasteiger partial charge < -0.3 is 14.2 Å². The van der Waals surface area contributed by atoms with E-state index in [1.165, 1.54) is 0 Å². The van der Waals surface area contributed by atoms with Gasteiger partial charge in [-0.2, -0.15) is 0 Å². The minimum Gasteiger partial charge on any atom is -0.494 e. The quantitative estimate of drug-likeness (QED) is 0.285. The largest absolute Gasteiger partial charge is 0.494 e. The third kappa shape index (κ3) is 5.39. The van der Waals surface area contributed by atoms with Gasteiger partial charge in [0, 0.05) is 31.0 Å². The van der Waals surface area contributed by atoms with Crippen molar-refractivity contribution in [3.63, 3.8) is 0 Å². The number of carbonyl (C=O) groups excluding carboxylic acids is 1. The Kier molecular flexibility index (Phi) is 7.48. The second-order valence-corrected chi connectivity index (χ2v) is 8.88. The zero-order valence-electron chi connectivity index (χ0n) is 19.8. The highest BCUT2D eigenvalue weighted by Gasteiger charge is 2.17. The van der Waals surface area contributed by atoms with Crippen LogP contribution in [-0.2, 0) is 13.1 Å². The lowest BCUT2D eigenvalue weighted by Crippen LogP contribution is -2.28. The van der Waals surface area contributed by atoms with Crippen LogP contribution in [-0.4, -0.2) is 39.0 Å². The minimum atomic E-state index is -0.0753. The lowest BCUT2D eigenvalue weighted by atomic mass is 10.1. The van der Waals surface area contributed by atoms with Gasteiger partial charge in [-0.05, 0) is 74.2 Å². The van der Waals surface area contributed by atoms with Crippen molar-refractivity contribution in [2.45, 2.75) is 39.8 Å². The molecule has 0 bridgehead atoms. The Morgan fingerprint density at radius 1 is 1.09 bits per heavy atom. The fourth-order valence-corrected chi connectivity index (χ4v) is 4.15. The number of aryl methyl sites for hydroxylation is 3. The monoisotopic (exact) mass is 476 g/mol. The average molecular weight is 477 g/mol. The molecule has 0 saturated carbocycles. The van der Waals surface area contributed by atoms with E-state index in [1.54, 1.807) is 36.5 Å². The molecule has 6 nitrogen and oxygen atoms in total. The van der Waals surface area contributed by atoms with Gasteiger partial charge >= 0.3 is 0 Å². The number of aromatic nitrogens is 3. The zero-order valence-corrected chi connectivity index (χ0v) is 20.5. The number of benzene rings is 2. The second kappa shape index (κ2) is 10.7. The van der Waals surface area contributed by atoms with Gasteiger partial charge in [0.15, 0.2) is 0 Å². The van der Waals surface area contributed by atoms with E-state index in [4.69, 9.17) is 21.3 Å². The van der Waals surface area contributed by atoms with Gasteiger partial charge in [-0.15, -0.1) is 0 Å². The number of hydrogen-bond acceptors (Lipinski definition) is 4. The molecule has 0 aliphatic rings. The molecule has 0 saturated heterocycles. The Labute approximate surface area is 205 Å².